The van der Waals surface area contributed by atoms with Crippen LogP contribution in [0.2, 0.25) is 0 Å². The summed E-state index contributed by atoms with van der Waals surface area (Å²) in [6.07, 6.45) is 3.69. The first kappa shape index (κ1) is 28.0. The highest BCUT2D eigenvalue weighted by Gasteiger charge is 2.47. The van der Waals surface area contributed by atoms with Gasteiger partial charge in [0.05, 0.1) is 19.1 Å². The third kappa shape index (κ3) is 6.18. The highest BCUT2D eigenvalue weighted by Crippen LogP contribution is 2.41. The summed E-state index contributed by atoms with van der Waals surface area (Å²) >= 11 is 0. The Morgan fingerprint density at radius 1 is 1.11 bits per heavy atom. The van der Waals surface area contributed by atoms with Gasteiger partial charge in [0.25, 0.3) is 0 Å². The van der Waals surface area contributed by atoms with Crippen LogP contribution in [-0.4, -0.2) is 101 Å². The lowest BCUT2D eigenvalue weighted by atomic mass is 9.83. The number of imide groups is 1. The standard InChI is InChI=1S/C28H39N3O7/c1-2-3-11-29(12-4-14-32)26(35)18-30-17-21(19-5-6-23-20(16-19)10-15-38-23)27(28(36)37)22(30)9-13-31-24(33)7-8-25(31)34/h5-6,16,21-22,27,32H,2-4,7-15,17-18H2,1H3,(H,36,37). The zero-order chi connectivity index (χ0) is 27.2. The number of ether oxygens (including phenoxy) is 1. The van der Waals surface area contributed by atoms with Crippen molar-refractivity contribution in [2.75, 3.05) is 45.9 Å². The molecule has 4 rings (SSSR count). The number of benzene rings is 1. The van der Waals surface area contributed by atoms with E-state index in [0.717, 1.165) is 36.1 Å². The molecule has 0 spiro atoms. The molecule has 0 aromatic heterocycles. The number of likely N-dealkylation sites (tertiary alicyclic amines) is 2. The van der Waals surface area contributed by atoms with Gasteiger partial charge in [0.1, 0.15) is 5.75 Å². The van der Waals surface area contributed by atoms with Crippen LogP contribution < -0.4 is 4.74 Å². The van der Waals surface area contributed by atoms with Gasteiger partial charge in [-0.15, -0.1) is 0 Å². The van der Waals surface area contributed by atoms with Gasteiger partial charge in [-0.3, -0.25) is 29.0 Å². The number of nitrogens with zero attached hydrogens (tertiary/aromatic N) is 3. The lowest BCUT2D eigenvalue weighted by molar-refractivity contribution is -0.144. The van der Waals surface area contributed by atoms with E-state index < -0.39 is 17.9 Å². The zero-order valence-electron chi connectivity index (χ0n) is 22.1. The molecule has 10 heteroatoms. The molecule has 38 heavy (non-hydrogen) atoms. The number of carbonyl (C=O) groups excluding carboxylic acids is 3. The fraction of sp³-hybridized carbons (Fsp3) is 0.643. The third-order valence-corrected chi connectivity index (χ3v) is 8.04. The SMILES string of the molecule is CCCCN(CCCO)C(=O)CN1CC(c2ccc3c(c2)CCO3)C(C(=O)O)C1CCN1C(=O)CCC1=O. The Hall–Kier alpha value is -2.98. The van der Waals surface area contributed by atoms with E-state index in [9.17, 15) is 29.4 Å². The van der Waals surface area contributed by atoms with Gasteiger partial charge in [-0.2, -0.15) is 0 Å². The van der Waals surface area contributed by atoms with Crippen LogP contribution in [-0.2, 0) is 25.6 Å². The van der Waals surface area contributed by atoms with Crippen LogP contribution in [0.1, 0.15) is 62.5 Å². The van der Waals surface area contributed by atoms with E-state index in [4.69, 9.17) is 4.74 Å². The molecule has 3 unspecified atom stereocenters. The number of hydrogen-bond acceptors (Lipinski definition) is 7. The van der Waals surface area contributed by atoms with E-state index in [-0.39, 0.29) is 62.6 Å². The van der Waals surface area contributed by atoms with Crippen LogP contribution in [0, 0.1) is 5.92 Å². The highest BCUT2D eigenvalue weighted by atomic mass is 16.5. The minimum atomic E-state index is -0.950. The van der Waals surface area contributed by atoms with E-state index in [1.807, 2.05) is 23.1 Å². The normalized spacial score (nSPS) is 23.1. The molecule has 0 radical (unpaired) electrons. The van der Waals surface area contributed by atoms with Gasteiger partial charge in [0, 0.05) is 64.0 Å². The monoisotopic (exact) mass is 529 g/mol. The predicted octanol–water partition coefficient (Wildman–Crippen LogP) is 1.64. The van der Waals surface area contributed by atoms with Crippen LogP contribution in [0.15, 0.2) is 18.2 Å². The zero-order valence-corrected chi connectivity index (χ0v) is 22.1. The molecule has 10 nitrogen and oxygen atoms in total. The number of hydrogen-bond donors (Lipinski definition) is 2. The molecule has 3 aliphatic rings. The molecule has 3 atom stereocenters. The van der Waals surface area contributed by atoms with Crippen molar-refractivity contribution in [3.8, 4) is 5.75 Å². The van der Waals surface area contributed by atoms with Crippen molar-refractivity contribution in [2.45, 2.75) is 63.8 Å². The molecule has 3 amide bonds. The average Bonchev–Trinajstić information content (AvgIpc) is 3.59. The molecule has 1 aromatic rings. The molecular formula is C28H39N3O7. The fourth-order valence-corrected chi connectivity index (χ4v) is 6.01. The first-order valence-corrected chi connectivity index (χ1v) is 13.8. The quantitative estimate of drug-likeness (QED) is 0.369. The van der Waals surface area contributed by atoms with Crippen molar-refractivity contribution in [1.29, 1.82) is 0 Å². The molecule has 2 fully saturated rings. The Morgan fingerprint density at radius 3 is 2.53 bits per heavy atom. The molecule has 0 saturated carbocycles. The molecule has 0 bridgehead atoms. The maximum absolute atomic E-state index is 13.4. The molecule has 208 valence electrons. The Morgan fingerprint density at radius 2 is 1.84 bits per heavy atom. The number of carboxylic acids is 1. The number of aliphatic carboxylic acids is 1. The lowest BCUT2D eigenvalue weighted by Crippen LogP contribution is -2.46. The minimum absolute atomic E-state index is 0.00859. The van der Waals surface area contributed by atoms with E-state index in [0.29, 0.717) is 32.7 Å². The second-order valence-corrected chi connectivity index (χ2v) is 10.5. The average molecular weight is 530 g/mol. The van der Waals surface area contributed by atoms with Crippen molar-refractivity contribution in [3.63, 3.8) is 0 Å². The van der Waals surface area contributed by atoms with Crippen molar-refractivity contribution in [1.82, 2.24) is 14.7 Å². The number of amides is 3. The fourth-order valence-electron chi connectivity index (χ4n) is 6.01. The molecule has 0 aliphatic carbocycles. The van der Waals surface area contributed by atoms with Gasteiger partial charge in [0.15, 0.2) is 0 Å². The maximum atomic E-state index is 13.4. The first-order valence-electron chi connectivity index (χ1n) is 13.8. The summed E-state index contributed by atoms with van der Waals surface area (Å²) in [5, 5.41) is 19.7. The Bertz CT molecular complexity index is 1020. The molecule has 3 heterocycles. The van der Waals surface area contributed by atoms with Crippen molar-refractivity contribution in [3.05, 3.63) is 29.3 Å². The summed E-state index contributed by atoms with van der Waals surface area (Å²) in [6.45, 7) is 4.26. The third-order valence-electron chi connectivity index (χ3n) is 8.04. The molecule has 2 N–H and O–H groups in total. The summed E-state index contributed by atoms with van der Waals surface area (Å²) < 4.78 is 5.63. The van der Waals surface area contributed by atoms with Crippen LogP contribution in [0.5, 0.6) is 5.75 Å². The topological polar surface area (TPSA) is 128 Å². The summed E-state index contributed by atoms with van der Waals surface area (Å²) in [6, 6.07) is 5.31. The number of fused-ring (bicyclic) bond motifs is 1. The first-order chi connectivity index (χ1) is 18.3. The van der Waals surface area contributed by atoms with Gasteiger partial charge in [-0.1, -0.05) is 25.5 Å². The molecule has 1 aromatic carbocycles. The van der Waals surface area contributed by atoms with Crippen LogP contribution in [0.25, 0.3) is 0 Å². The van der Waals surface area contributed by atoms with Crippen LogP contribution in [0.4, 0.5) is 0 Å². The van der Waals surface area contributed by atoms with Gasteiger partial charge in [-0.25, -0.2) is 0 Å². The van der Waals surface area contributed by atoms with Crippen molar-refractivity contribution in [2.24, 2.45) is 5.92 Å². The van der Waals surface area contributed by atoms with Crippen molar-refractivity contribution < 1.29 is 34.1 Å². The predicted molar refractivity (Wildman–Crippen MR) is 139 cm³/mol. The Balaban J connectivity index is 1.59. The Kier molecular flexibility index (Phi) is 9.38. The minimum Gasteiger partial charge on any atom is -0.493 e. The number of aliphatic hydroxyl groups is 1. The van der Waals surface area contributed by atoms with E-state index in [1.165, 1.54) is 4.90 Å². The van der Waals surface area contributed by atoms with E-state index in [1.54, 1.807) is 4.90 Å². The van der Waals surface area contributed by atoms with Gasteiger partial charge in [-0.05, 0) is 36.5 Å². The molecule has 3 aliphatic heterocycles. The maximum Gasteiger partial charge on any atom is 0.308 e. The number of carboxylic acid groups (broad SMARTS) is 1. The van der Waals surface area contributed by atoms with E-state index >= 15 is 0 Å². The Labute approximate surface area is 223 Å². The number of rotatable bonds is 13. The largest absolute Gasteiger partial charge is 0.493 e. The highest BCUT2D eigenvalue weighted by molar-refractivity contribution is 6.01. The van der Waals surface area contributed by atoms with Crippen LogP contribution >= 0.6 is 0 Å². The molecule has 2 saturated heterocycles. The van der Waals surface area contributed by atoms with Gasteiger partial charge < -0.3 is 19.8 Å². The van der Waals surface area contributed by atoms with E-state index in [2.05, 4.69) is 6.92 Å². The number of carbonyl (C=O) groups is 4. The van der Waals surface area contributed by atoms with Crippen molar-refractivity contribution >= 4 is 23.7 Å². The summed E-state index contributed by atoms with van der Waals surface area (Å²) in [5.41, 5.74) is 1.96. The summed E-state index contributed by atoms with van der Waals surface area (Å²) in [4.78, 5) is 55.5. The van der Waals surface area contributed by atoms with Gasteiger partial charge >= 0.3 is 5.97 Å². The lowest BCUT2D eigenvalue weighted by Gasteiger charge is -2.30. The molecular weight excluding hydrogens is 490 g/mol. The number of unbranched alkanes of at least 4 members (excludes halogenated alkanes) is 1. The smallest absolute Gasteiger partial charge is 0.308 e. The van der Waals surface area contributed by atoms with Crippen LogP contribution in [0.3, 0.4) is 0 Å². The summed E-state index contributed by atoms with van der Waals surface area (Å²) in [5.74, 6) is -1.82. The summed E-state index contributed by atoms with van der Waals surface area (Å²) in [7, 11) is 0. The number of aliphatic hydroxyl groups excluding tert-OH is 1. The second kappa shape index (κ2) is 12.7. The van der Waals surface area contributed by atoms with Gasteiger partial charge in [0.2, 0.25) is 17.7 Å². The second-order valence-electron chi connectivity index (χ2n) is 10.5.